The summed E-state index contributed by atoms with van der Waals surface area (Å²) in [5.41, 5.74) is 1.90. The van der Waals surface area contributed by atoms with Crippen molar-refractivity contribution in [3.63, 3.8) is 0 Å². The van der Waals surface area contributed by atoms with E-state index >= 15 is 0 Å². The quantitative estimate of drug-likeness (QED) is 0.176. The number of hydrogen-bond acceptors (Lipinski definition) is 4. The predicted molar refractivity (Wildman–Crippen MR) is 149 cm³/mol. The van der Waals surface area contributed by atoms with Crippen LogP contribution in [0.25, 0.3) is 61.2 Å². The van der Waals surface area contributed by atoms with Gasteiger partial charge in [-0.05, 0) is 59.7 Å². The molecule has 0 N–H and O–H groups in total. The van der Waals surface area contributed by atoms with E-state index in [2.05, 4.69) is 0 Å². The van der Waals surface area contributed by atoms with E-state index in [4.69, 9.17) is 0 Å². The van der Waals surface area contributed by atoms with Crippen molar-refractivity contribution in [2.75, 3.05) is 0 Å². The third kappa shape index (κ3) is 3.93. The summed E-state index contributed by atoms with van der Waals surface area (Å²) in [6.07, 6.45) is -8.74. The maximum Gasteiger partial charge on any atom is 0.425 e. The molecule has 0 aliphatic carbocycles. The largest absolute Gasteiger partial charge is 0.425 e. The third-order valence-electron chi connectivity index (χ3n) is 6.41. The first-order valence-electron chi connectivity index (χ1n) is 11.2. The minimum Gasteiger partial charge on any atom is -0.165 e. The molecule has 0 fully saturated rings. The Balaban J connectivity index is 1.25. The fourth-order valence-electron chi connectivity index (χ4n) is 4.62. The first kappa shape index (κ1) is 24.1. The average molecular weight is 591 g/mol. The highest BCUT2D eigenvalue weighted by molar-refractivity contribution is 7.23. The molecule has 0 bridgehead atoms. The van der Waals surface area contributed by atoms with Gasteiger partial charge in [0.25, 0.3) is 0 Å². The Morgan fingerprint density at radius 2 is 0.711 bits per heavy atom. The van der Waals surface area contributed by atoms with Gasteiger partial charge >= 0.3 is 12.4 Å². The number of alkyl halides is 6. The molecule has 0 radical (unpaired) electrons. The monoisotopic (exact) mass is 590 g/mol. The van der Waals surface area contributed by atoms with Gasteiger partial charge in [0.1, 0.15) is 9.75 Å². The van der Waals surface area contributed by atoms with E-state index in [0.29, 0.717) is 20.2 Å². The summed E-state index contributed by atoms with van der Waals surface area (Å²) < 4.78 is 82.5. The molecule has 0 amide bonds. The second-order valence-corrected chi connectivity index (χ2v) is 13.1. The van der Waals surface area contributed by atoms with Gasteiger partial charge in [-0.2, -0.15) is 26.3 Å². The number of rotatable bonds is 2. The van der Waals surface area contributed by atoms with Crippen LogP contribution in [0.15, 0.2) is 72.8 Å². The van der Waals surface area contributed by atoms with Crippen LogP contribution in [0.5, 0.6) is 0 Å². The summed E-state index contributed by atoms with van der Waals surface area (Å²) in [4.78, 5) is 0.703. The molecule has 0 aliphatic rings. The summed E-state index contributed by atoms with van der Waals surface area (Å²) >= 11 is 4.56. The standard InChI is InChI=1S/C28H12F6S4/c29-27(30,31)25-11-17-15-9-23(35-19(15)5-7-21(17)37-25)13-1-2-14(4-3-13)24-10-16-18-12-26(28(32,33)34)38-22(18)8-6-20(16)36-24/h1-12H. The minimum absolute atomic E-state index is 0.602. The van der Waals surface area contributed by atoms with Crippen LogP contribution in [-0.4, -0.2) is 0 Å². The molecule has 10 heteroatoms. The first-order chi connectivity index (χ1) is 18.0. The molecule has 4 heterocycles. The molecule has 4 aromatic heterocycles. The first-order valence-corrected chi connectivity index (χ1v) is 14.5. The van der Waals surface area contributed by atoms with Crippen molar-refractivity contribution in [1.29, 1.82) is 0 Å². The predicted octanol–water partition coefficient (Wildman–Crippen LogP) is 11.9. The molecular weight excluding hydrogens is 579 g/mol. The van der Waals surface area contributed by atoms with Crippen molar-refractivity contribution in [3.05, 3.63) is 82.6 Å². The Morgan fingerprint density at radius 1 is 0.395 bits per heavy atom. The summed E-state index contributed by atoms with van der Waals surface area (Å²) in [7, 11) is 0. The van der Waals surface area contributed by atoms with Crippen molar-refractivity contribution in [3.8, 4) is 20.9 Å². The van der Waals surface area contributed by atoms with Crippen LogP contribution in [0, 0.1) is 0 Å². The van der Waals surface area contributed by atoms with Gasteiger partial charge in [-0.15, -0.1) is 45.3 Å². The van der Waals surface area contributed by atoms with Crippen LogP contribution in [0.2, 0.25) is 0 Å². The third-order valence-corrected chi connectivity index (χ3v) is 11.0. The SMILES string of the molecule is FC(F)(F)c1cc2c(ccc3sc(-c4ccc(-c5cc6c(ccc7sc(C(F)(F)F)cc76)s5)cc4)cc32)s1. The fourth-order valence-corrected chi connectivity index (χ4v) is 8.68. The van der Waals surface area contributed by atoms with Crippen LogP contribution < -0.4 is 0 Å². The maximum absolute atomic E-state index is 13.2. The zero-order valence-electron chi connectivity index (χ0n) is 18.8. The van der Waals surface area contributed by atoms with E-state index in [1.54, 1.807) is 12.1 Å². The molecule has 0 atom stereocenters. The highest BCUT2D eigenvalue weighted by Crippen LogP contribution is 2.45. The summed E-state index contributed by atoms with van der Waals surface area (Å²) in [5, 5.41) is 2.83. The second-order valence-electron chi connectivity index (χ2n) is 8.79. The van der Waals surface area contributed by atoms with Crippen molar-refractivity contribution >= 4 is 85.7 Å². The van der Waals surface area contributed by atoms with E-state index in [1.807, 2.05) is 48.5 Å². The van der Waals surface area contributed by atoms with Crippen LogP contribution in [-0.2, 0) is 12.4 Å². The van der Waals surface area contributed by atoms with E-state index in [9.17, 15) is 26.3 Å². The lowest BCUT2D eigenvalue weighted by atomic mass is 10.1. The zero-order valence-corrected chi connectivity index (χ0v) is 22.1. The van der Waals surface area contributed by atoms with Crippen LogP contribution >= 0.6 is 45.3 Å². The van der Waals surface area contributed by atoms with E-state index in [-0.39, 0.29) is 0 Å². The topological polar surface area (TPSA) is 0 Å². The Morgan fingerprint density at radius 3 is 1.05 bits per heavy atom. The Hall–Kier alpha value is -2.92. The van der Waals surface area contributed by atoms with Crippen molar-refractivity contribution < 1.29 is 26.3 Å². The van der Waals surface area contributed by atoms with Gasteiger partial charge in [0, 0.05) is 50.1 Å². The van der Waals surface area contributed by atoms with Gasteiger partial charge < -0.3 is 0 Å². The van der Waals surface area contributed by atoms with Gasteiger partial charge in [-0.25, -0.2) is 0 Å². The summed E-state index contributed by atoms with van der Waals surface area (Å²) in [6, 6.07) is 21.4. The van der Waals surface area contributed by atoms with E-state index in [0.717, 1.165) is 63.7 Å². The van der Waals surface area contributed by atoms with Crippen LogP contribution in [0.4, 0.5) is 26.3 Å². The van der Waals surface area contributed by atoms with Crippen molar-refractivity contribution in [1.82, 2.24) is 0 Å². The highest BCUT2D eigenvalue weighted by Gasteiger charge is 2.34. The molecule has 38 heavy (non-hydrogen) atoms. The number of benzene rings is 3. The Bertz CT molecular complexity index is 1850. The molecule has 7 rings (SSSR count). The van der Waals surface area contributed by atoms with Crippen LogP contribution in [0.3, 0.4) is 0 Å². The van der Waals surface area contributed by atoms with Crippen molar-refractivity contribution in [2.24, 2.45) is 0 Å². The molecule has 3 aromatic carbocycles. The van der Waals surface area contributed by atoms with Gasteiger partial charge in [-0.1, -0.05) is 24.3 Å². The molecule has 0 saturated heterocycles. The maximum atomic E-state index is 13.2. The summed E-state index contributed by atoms with van der Waals surface area (Å²) in [6.45, 7) is 0. The molecule has 0 aliphatic heterocycles. The van der Waals surface area contributed by atoms with Crippen molar-refractivity contribution in [2.45, 2.75) is 12.4 Å². The number of fused-ring (bicyclic) bond motifs is 6. The van der Waals surface area contributed by atoms with E-state index < -0.39 is 22.1 Å². The normalized spacial score (nSPS) is 13.0. The number of hydrogen-bond donors (Lipinski definition) is 0. The Kier molecular flexibility index (Phi) is 5.27. The lowest BCUT2D eigenvalue weighted by molar-refractivity contribution is -0.135. The molecule has 190 valence electrons. The fraction of sp³-hybridized carbons (Fsp3) is 0.0714. The minimum atomic E-state index is -4.37. The van der Waals surface area contributed by atoms with Gasteiger partial charge in [0.2, 0.25) is 0 Å². The molecule has 0 unspecified atom stereocenters. The number of halogens is 6. The number of thiophene rings is 4. The molecule has 0 nitrogen and oxygen atoms in total. The smallest absolute Gasteiger partial charge is 0.165 e. The molecule has 0 saturated carbocycles. The Labute approximate surface area is 227 Å². The zero-order chi connectivity index (χ0) is 26.4. The molecule has 0 spiro atoms. The summed E-state index contributed by atoms with van der Waals surface area (Å²) in [5.74, 6) is 0. The lowest BCUT2D eigenvalue weighted by Gasteiger charge is -2.00. The lowest BCUT2D eigenvalue weighted by Crippen LogP contribution is -2.00. The van der Waals surface area contributed by atoms with E-state index in [1.165, 1.54) is 34.8 Å². The van der Waals surface area contributed by atoms with Crippen LogP contribution in [0.1, 0.15) is 9.75 Å². The molecular formula is C28H12F6S4. The van der Waals surface area contributed by atoms with Gasteiger partial charge in [0.15, 0.2) is 0 Å². The highest BCUT2D eigenvalue weighted by atomic mass is 32.1. The molecule has 7 aromatic rings. The second kappa shape index (κ2) is 8.29. The van der Waals surface area contributed by atoms with Gasteiger partial charge in [0.05, 0.1) is 0 Å². The average Bonchev–Trinajstić information content (AvgIpc) is 3.64. The van der Waals surface area contributed by atoms with Gasteiger partial charge in [-0.3, -0.25) is 0 Å².